The van der Waals surface area contributed by atoms with Crippen molar-refractivity contribution >= 4 is 5.91 Å². The van der Waals surface area contributed by atoms with Gasteiger partial charge in [-0.25, -0.2) is 9.97 Å². The van der Waals surface area contributed by atoms with E-state index in [1.54, 1.807) is 6.20 Å². The largest absolute Gasteiger partial charge is 0.348 e. The number of piperidine rings is 1. The van der Waals surface area contributed by atoms with Gasteiger partial charge in [0, 0.05) is 19.3 Å². The molecule has 2 fully saturated rings. The van der Waals surface area contributed by atoms with Gasteiger partial charge in [0.2, 0.25) is 0 Å². The Bertz CT molecular complexity index is 788. The Morgan fingerprint density at radius 2 is 2.00 bits per heavy atom. The van der Waals surface area contributed by atoms with Crippen molar-refractivity contribution in [3.05, 3.63) is 59.2 Å². The summed E-state index contributed by atoms with van der Waals surface area (Å²) in [5.74, 6) is 1.50. The molecule has 5 heteroatoms. The maximum Gasteiger partial charge on any atom is 0.255 e. The molecule has 1 N–H and O–H groups in total. The molecule has 2 aromatic rings. The molecule has 1 saturated carbocycles. The van der Waals surface area contributed by atoms with E-state index in [0.29, 0.717) is 12.1 Å². The van der Waals surface area contributed by atoms with Crippen LogP contribution in [0.4, 0.5) is 0 Å². The lowest BCUT2D eigenvalue weighted by molar-refractivity contribution is 0.0939. The lowest BCUT2D eigenvalue weighted by Gasteiger charge is -2.36. The summed E-state index contributed by atoms with van der Waals surface area (Å²) in [6, 6.07) is 10.2. The average molecular weight is 364 g/mol. The van der Waals surface area contributed by atoms with Crippen LogP contribution in [-0.2, 0) is 6.54 Å². The molecule has 1 unspecified atom stereocenters. The quantitative estimate of drug-likeness (QED) is 0.850. The summed E-state index contributed by atoms with van der Waals surface area (Å²) >= 11 is 0. The summed E-state index contributed by atoms with van der Waals surface area (Å²) < 4.78 is 0. The predicted octanol–water partition coefficient (Wildman–Crippen LogP) is 3.65. The zero-order chi connectivity index (χ0) is 18.6. The third-order valence-corrected chi connectivity index (χ3v) is 5.60. The first-order valence-electron chi connectivity index (χ1n) is 10.1. The second-order valence-corrected chi connectivity index (χ2v) is 7.83. The highest BCUT2D eigenvalue weighted by Gasteiger charge is 2.33. The number of hydrogen-bond acceptors (Lipinski definition) is 4. The van der Waals surface area contributed by atoms with E-state index in [4.69, 9.17) is 4.98 Å². The van der Waals surface area contributed by atoms with Crippen LogP contribution in [0.2, 0.25) is 0 Å². The van der Waals surface area contributed by atoms with Gasteiger partial charge in [-0.05, 0) is 50.6 Å². The normalized spacial score (nSPS) is 20.4. The van der Waals surface area contributed by atoms with Gasteiger partial charge in [0.15, 0.2) is 0 Å². The van der Waals surface area contributed by atoms with E-state index in [0.717, 1.165) is 42.5 Å². The van der Waals surface area contributed by atoms with E-state index in [-0.39, 0.29) is 11.9 Å². The Morgan fingerprint density at radius 3 is 2.78 bits per heavy atom. The summed E-state index contributed by atoms with van der Waals surface area (Å²) in [5, 5.41) is 3.04. The van der Waals surface area contributed by atoms with Crippen molar-refractivity contribution in [1.82, 2.24) is 20.2 Å². The van der Waals surface area contributed by atoms with Gasteiger partial charge in [-0.2, -0.15) is 0 Å². The van der Waals surface area contributed by atoms with E-state index in [1.807, 2.05) is 37.3 Å². The van der Waals surface area contributed by atoms with Crippen LogP contribution in [0.15, 0.2) is 36.5 Å². The number of hydrogen-bond donors (Lipinski definition) is 1. The number of carbonyl (C=O) groups excluding carboxylic acids is 1. The monoisotopic (exact) mass is 364 g/mol. The van der Waals surface area contributed by atoms with E-state index in [1.165, 1.54) is 25.7 Å². The molecule has 1 atom stereocenters. The fourth-order valence-electron chi connectivity index (χ4n) is 3.94. The zero-order valence-electron chi connectivity index (χ0n) is 16.0. The standard InChI is InChI=1S/C22H28N4O/c1-16-23-14-19(22(27)24-13-17-7-3-2-4-8-17)21(25-16)20-9-5-6-12-26(20)15-18-10-11-18/h2-4,7-8,14,18,20H,5-6,9-13,15H2,1H3,(H,24,27). The van der Waals surface area contributed by atoms with Gasteiger partial charge >= 0.3 is 0 Å². The molecular formula is C22H28N4O. The average Bonchev–Trinajstić information content (AvgIpc) is 3.51. The number of rotatable bonds is 6. The summed E-state index contributed by atoms with van der Waals surface area (Å²) in [5.41, 5.74) is 2.63. The molecule has 27 heavy (non-hydrogen) atoms. The van der Waals surface area contributed by atoms with Crippen molar-refractivity contribution in [3.8, 4) is 0 Å². The molecule has 1 aliphatic carbocycles. The number of likely N-dealkylation sites (tertiary alicyclic amines) is 1. The number of benzene rings is 1. The van der Waals surface area contributed by atoms with Crippen LogP contribution in [0.1, 0.15) is 65.6 Å². The van der Waals surface area contributed by atoms with E-state index in [2.05, 4.69) is 15.2 Å². The number of carbonyl (C=O) groups is 1. The lowest BCUT2D eigenvalue weighted by atomic mass is 9.95. The predicted molar refractivity (Wildman–Crippen MR) is 105 cm³/mol. The van der Waals surface area contributed by atoms with Gasteiger partial charge in [0.05, 0.1) is 17.3 Å². The van der Waals surface area contributed by atoms with Crippen molar-refractivity contribution in [2.45, 2.75) is 51.6 Å². The van der Waals surface area contributed by atoms with Crippen LogP contribution in [0.5, 0.6) is 0 Å². The fourth-order valence-corrected chi connectivity index (χ4v) is 3.94. The molecule has 0 radical (unpaired) electrons. The van der Waals surface area contributed by atoms with Gasteiger partial charge in [-0.15, -0.1) is 0 Å². The zero-order valence-corrected chi connectivity index (χ0v) is 16.0. The number of aryl methyl sites for hydroxylation is 1. The molecule has 142 valence electrons. The third-order valence-electron chi connectivity index (χ3n) is 5.60. The highest BCUT2D eigenvalue weighted by atomic mass is 16.1. The summed E-state index contributed by atoms with van der Waals surface area (Å²) in [6.07, 6.45) is 7.90. The number of amides is 1. The summed E-state index contributed by atoms with van der Waals surface area (Å²) in [7, 11) is 0. The Labute approximate surface area is 161 Å². The molecule has 2 aliphatic rings. The van der Waals surface area contributed by atoms with Gasteiger partial charge < -0.3 is 5.32 Å². The van der Waals surface area contributed by atoms with Crippen molar-refractivity contribution in [2.75, 3.05) is 13.1 Å². The Balaban J connectivity index is 1.54. The molecular weight excluding hydrogens is 336 g/mol. The minimum atomic E-state index is -0.0780. The smallest absolute Gasteiger partial charge is 0.255 e. The molecule has 1 aliphatic heterocycles. The van der Waals surface area contributed by atoms with Crippen molar-refractivity contribution in [1.29, 1.82) is 0 Å². The maximum atomic E-state index is 12.9. The third kappa shape index (κ3) is 4.53. The van der Waals surface area contributed by atoms with Crippen LogP contribution >= 0.6 is 0 Å². The molecule has 1 aromatic carbocycles. The number of nitrogens with zero attached hydrogens (tertiary/aromatic N) is 3. The second kappa shape index (κ2) is 8.17. The van der Waals surface area contributed by atoms with Crippen molar-refractivity contribution in [2.24, 2.45) is 5.92 Å². The molecule has 2 heterocycles. The van der Waals surface area contributed by atoms with Gasteiger partial charge in [-0.3, -0.25) is 9.69 Å². The SMILES string of the molecule is Cc1ncc(C(=O)NCc2ccccc2)c(C2CCCCN2CC2CC2)n1. The number of nitrogens with one attached hydrogen (secondary N) is 1. The first-order chi connectivity index (χ1) is 13.2. The second-order valence-electron chi connectivity index (χ2n) is 7.83. The summed E-state index contributed by atoms with van der Waals surface area (Å²) in [4.78, 5) is 24.5. The Hall–Kier alpha value is -2.27. The number of aromatic nitrogens is 2. The minimum absolute atomic E-state index is 0.0780. The van der Waals surface area contributed by atoms with Crippen molar-refractivity contribution in [3.63, 3.8) is 0 Å². The molecule has 0 spiro atoms. The van der Waals surface area contributed by atoms with E-state index < -0.39 is 0 Å². The molecule has 0 bridgehead atoms. The summed E-state index contributed by atoms with van der Waals surface area (Å²) in [6.45, 7) is 4.67. The van der Waals surface area contributed by atoms with Crippen LogP contribution in [0, 0.1) is 12.8 Å². The highest BCUT2D eigenvalue weighted by molar-refractivity contribution is 5.95. The molecule has 1 saturated heterocycles. The van der Waals surface area contributed by atoms with E-state index >= 15 is 0 Å². The first kappa shape index (κ1) is 18.1. The molecule has 1 amide bonds. The molecule has 1 aromatic heterocycles. The van der Waals surface area contributed by atoms with Crippen LogP contribution in [-0.4, -0.2) is 33.9 Å². The maximum absolute atomic E-state index is 12.9. The van der Waals surface area contributed by atoms with Gasteiger partial charge in [0.25, 0.3) is 5.91 Å². The molecule has 5 nitrogen and oxygen atoms in total. The van der Waals surface area contributed by atoms with Crippen LogP contribution < -0.4 is 5.32 Å². The first-order valence-corrected chi connectivity index (χ1v) is 10.1. The topological polar surface area (TPSA) is 58.1 Å². The fraction of sp³-hybridized carbons (Fsp3) is 0.500. The van der Waals surface area contributed by atoms with Gasteiger partial charge in [-0.1, -0.05) is 36.8 Å². The van der Waals surface area contributed by atoms with Gasteiger partial charge in [0.1, 0.15) is 5.82 Å². The Kier molecular flexibility index (Phi) is 5.48. The molecule has 4 rings (SSSR count). The lowest BCUT2D eigenvalue weighted by Crippen LogP contribution is -2.37. The highest BCUT2D eigenvalue weighted by Crippen LogP contribution is 2.37. The van der Waals surface area contributed by atoms with E-state index in [9.17, 15) is 4.79 Å². The minimum Gasteiger partial charge on any atom is -0.348 e. The van der Waals surface area contributed by atoms with Crippen molar-refractivity contribution < 1.29 is 4.79 Å². The van der Waals surface area contributed by atoms with Crippen LogP contribution in [0.25, 0.3) is 0 Å². The van der Waals surface area contributed by atoms with Crippen LogP contribution in [0.3, 0.4) is 0 Å². The Morgan fingerprint density at radius 1 is 1.19 bits per heavy atom.